The van der Waals surface area contributed by atoms with E-state index in [1.807, 2.05) is 6.92 Å². The summed E-state index contributed by atoms with van der Waals surface area (Å²) in [7, 11) is -2.15. The molecule has 1 aliphatic rings. The summed E-state index contributed by atoms with van der Waals surface area (Å²) in [5, 5.41) is 0. The second kappa shape index (κ2) is 7.24. The van der Waals surface area contributed by atoms with E-state index >= 15 is 0 Å². The first-order valence-corrected chi connectivity index (χ1v) is 9.06. The van der Waals surface area contributed by atoms with E-state index in [4.69, 9.17) is 4.74 Å². The number of aryl methyl sites for hydroxylation is 1. The highest BCUT2D eigenvalue weighted by Crippen LogP contribution is 2.30. The Kier molecular flexibility index (Phi) is 5.58. The van der Waals surface area contributed by atoms with E-state index in [9.17, 15) is 13.2 Å². The van der Waals surface area contributed by atoms with Gasteiger partial charge in [-0.25, -0.2) is 13.1 Å². The molecule has 122 valence electrons. The molecule has 0 radical (unpaired) electrons. The fraction of sp³-hybridized carbons (Fsp3) is 0.562. The molecule has 22 heavy (non-hydrogen) atoms. The first-order chi connectivity index (χ1) is 10.4. The van der Waals surface area contributed by atoms with Crippen LogP contribution < -0.4 is 4.72 Å². The molecule has 0 saturated heterocycles. The predicted octanol–water partition coefficient (Wildman–Crippen LogP) is 2.25. The summed E-state index contributed by atoms with van der Waals surface area (Å²) in [6, 6.07) is 6.73. The number of hydrogen-bond acceptors (Lipinski definition) is 4. The summed E-state index contributed by atoms with van der Waals surface area (Å²) in [6.45, 7) is 2.18. The monoisotopic (exact) mass is 325 g/mol. The predicted molar refractivity (Wildman–Crippen MR) is 83.8 cm³/mol. The van der Waals surface area contributed by atoms with Gasteiger partial charge in [0.2, 0.25) is 10.0 Å². The second-order valence-electron chi connectivity index (χ2n) is 5.84. The molecule has 0 bridgehead atoms. The van der Waals surface area contributed by atoms with Crippen molar-refractivity contribution in [3.05, 3.63) is 29.8 Å². The SMILES string of the molecule is COC(=O)C1CCCCC1CNS(=O)(=O)c1ccc(C)cc1. The Balaban J connectivity index is 2.03. The van der Waals surface area contributed by atoms with Crippen LogP contribution in [0.2, 0.25) is 0 Å². The lowest BCUT2D eigenvalue weighted by Gasteiger charge is -2.29. The molecular weight excluding hydrogens is 302 g/mol. The maximum Gasteiger partial charge on any atom is 0.308 e. The third-order valence-electron chi connectivity index (χ3n) is 4.28. The van der Waals surface area contributed by atoms with Gasteiger partial charge in [-0.05, 0) is 37.8 Å². The van der Waals surface area contributed by atoms with Crippen LogP contribution in [-0.4, -0.2) is 28.0 Å². The smallest absolute Gasteiger partial charge is 0.308 e. The van der Waals surface area contributed by atoms with Crippen molar-refractivity contribution >= 4 is 16.0 Å². The number of esters is 1. The Morgan fingerprint density at radius 1 is 1.23 bits per heavy atom. The Hall–Kier alpha value is -1.40. The number of methoxy groups -OCH3 is 1. The zero-order chi connectivity index (χ0) is 16.2. The lowest BCUT2D eigenvalue weighted by molar-refractivity contribution is -0.148. The quantitative estimate of drug-likeness (QED) is 0.843. The first kappa shape index (κ1) is 17.0. The largest absolute Gasteiger partial charge is 0.469 e. The summed E-state index contributed by atoms with van der Waals surface area (Å²) in [4.78, 5) is 12.1. The van der Waals surface area contributed by atoms with Crippen molar-refractivity contribution in [1.29, 1.82) is 0 Å². The zero-order valence-corrected chi connectivity index (χ0v) is 13.9. The highest BCUT2D eigenvalue weighted by atomic mass is 32.2. The van der Waals surface area contributed by atoms with E-state index < -0.39 is 10.0 Å². The van der Waals surface area contributed by atoms with Gasteiger partial charge in [0, 0.05) is 6.54 Å². The van der Waals surface area contributed by atoms with E-state index in [1.165, 1.54) is 7.11 Å². The van der Waals surface area contributed by atoms with Crippen LogP contribution in [0.15, 0.2) is 29.2 Å². The number of ether oxygens (including phenoxy) is 1. The van der Waals surface area contributed by atoms with Gasteiger partial charge in [0.1, 0.15) is 0 Å². The Labute approximate surface area is 132 Å². The number of nitrogens with one attached hydrogen (secondary N) is 1. The van der Waals surface area contributed by atoms with Crippen molar-refractivity contribution in [1.82, 2.24) is 4.72 Å². The molecule has 2 atom stereocenters. The molecular formula is C16H23NO4S. The minimum atomic E-state index is -3.53. The molecule has 0 aromatic heterocycles. The van der Waals surface area contributed by atoms with Gasteiger partial charge in [-0.15, -0.1) is 0 Å². The lowest BCUT2D eigenvalue weighted by atomic mass is 9.79. The van der Waals surface area contributed by atoms with Gasteiger partial charge in [0.15, 0.2) is 0 Å². The number of rotatable bonds is 5. The van der Waals surface area contributed by atoms with E-state index in [-0.39, 0.29) is 29.2 Å². The zero-order valence-electron chi connectivity index (χ0n) is 13.0. The molecule has 0 amide bonds. The fourth-order valence-electron chi connectivity index (χ4n) is 2.93. The summed E-state index contributed by atoms with van der Waals surface area (Å²) < 4.78 is 32.1. The second-order valence-corrected chi connectivity index (χ2v) is 7.61. The minimum absolute atomic E-state index is 0.00132. The van der Waals surface area contributed by atoms with E-state index in [2.05, 4.69) is 4.72 Å². The normalized spacial score (nSPS) is 22.3. The van der Waals surface area contributed by atoms with Gasteiger partial charge in [-0.1, -0.05) is 30.5 Å². The molecule has 1 aromatic rings. The van der Waals surface area contributed by atoms with Crippen LogP contribution in [0.25, 0.3) is 0 Å². The van der Waals surface area contributed by atoms with Crippen LogP contribution in [0.3, 0.4) is 0 Å². The molecule has 5 nitrogen and oxygen atoms in total. The maximum atomic E-state index is 12.3. The molecule has 1 fully saturated rings. The van der Waals surface area contributed by atoms with E-state index in [0.717, 1.165) is 31.2 Å². The van der Waals surface area contributed by atoms with Crippen LogP contribution in [0.1, 0.15) is 31.2 Å². The number of sulfonamides is 1. The van der Waals surface area contributed by atoms with Crippen molar-refractivity contribution in [3.63, 3.8) is 0 Å². The van der Waals surface area contributed by atoms with E-state index in [0.29, 0.717) is 0 Å². The maximum absolute atomic E-state index is 12.3. The standard InChI is InChI=1S/C16H23NO4S/c1-12-7-9-14(10-8-12)22(19,20)17-11-13-5-3-4-6-15(13)16(18)21-2/h7-10,13,15,17H,3-6,11H2,1-2H3. The van der Waals surface area contributed by atoms with Crippen LogP contribution in [0.5, 0.6) is 0 Å². The van der Waals surface area contributed by atoms with Crippen molar-refractivity contribution in [3.8, 4) is 0 Å². The van der Waals surface area contributed by atoms with Gasteiger partial charge >= 0.3 is 5.97 Å². The molecule has 0 aliphatic heterocycles. The summed E-state index contributed by atoms with van der Waals surface area (Å²) >= 11 is 0. The van der Waals surface area contributed by atoms with Gasteiger partial charge in [0.05, 0.1) is 17.9 Å². The lowest BCUT2D eigenvalue weighted by Crippen LogP contribution is -2.37. The fourth-order valence-corrected chi connectivity index (χ4v) is 4.03. The molecule has 2 unspecified atom stereocenters. The topological polar surface area (TPSA) is 72.5 Å². The van der Waals surface area contributed by atoms with Crippen LogP contribution in [0.4, 0.5) is 0 Å². The van der Waals surface area contributed by atoms with Crippen LogP contribution >= 0.6 is 0 Å². The molecule has 0 spiro atoms. The van der Waals surface area contributed by atoms with E-state index in [1.54, 1.807) is 24.3 Å². The van der Waals surface area contributed by atoms with Crippen molar-refractivity contribution in [2.24, 2.45) is 11.8 Å². The number of carbonyl (C=O) groups excluding carboxylic acids is 1. The highest BCUT2D eigenvalue weighted by molar-refractivity contribution is 7.89. The van der Waals surface area contributed by atoms with Crippen molar-refractivity contribution in [2.75, 3.05) is 13.7 Å². The molecule has 6 heteroatoms. The Morgan fingerprint density at radius 2 is 1.86 bits per heavy atom. The molecule has 1 aromatic carbocycles. The minimum Gasteiger partial charge on any atom is -0.469 e. The molecule has 2 rings (SSSR count). The number of hydrogen-bond donors (Lipinski definition) is 1. The van der Waals surface area contributed by atoms with Crippen molar-refractivity contribution in [2.45, 2.75) is 37.5 Å². The molecule has 1 saturated carbocycles. The summed E-state index contributed by atoms with van der Waals surface area (Å²) in [5.41, 5.74) is 1.01. The average Bonchev–Trinajstić information content (AvgIpc) is 2.53. The molecule has 1 N–H and O–H groups in total. The highest BCUT2D eigenvalue weighted by Gasteiger charge is 2.32. The van der Waals surface area contributed by atoms with Gasteiger partial charge in [-0.3, -0.25) is 4.79 Å². The average molecular weight is 325 g/mol. The third kappa shape index (κ3) is 4.08. The molecule has 0 heterocycles. The number of benzene rings is 1. The number of carbonyl (C=O) groups is 1. The Morgan fingerprint density at radius 3 is 2.50 bits per heavy atom. The van der Waals surface area contributed by atoms with Crippen molar-refractivity contribution < 1.29 is 17.9 Å². The first-order valence-electron chi connectivity index (χ1n) is 7.58. The van der Waals surface area contributed by atoms with Gasteiger partial charge in [0.25, 0.3) is 0 Å². The summed E-state index contributed by atoms with van der Waals surface area (Å²) in [5.74, 6) is -0.444. The van der Waals surface area contributed by atoms with Gasteiger partial charge < -0.3 is 4.74 Å². The Bertz CT molecular complexity index is 610. The van der Waals surface area contributed by atoms with Crippen LogP contribution in [-0.2, 0) is 19.6 Å². The third-order valence-corrected chi connectivity index (χ3v) is 5.72. The summed E-state index contributed by atoms with van der Waals surface area (Å²) in [6.07, 6.45) is 3.62. The van der Waals surface area contributed by atoms with Crippen LogP contribution in [0, 0.1) is 18.8 Å². The van der Waals surface area contributed by atoms with Gasteiger partial charge in [-0.2, -0.15) is 0 Å². The molecule has 1 aliphatic carbocycles.